The summed E-state index contributed by atoms with van der Waals surface area (Å²) >= 11 is 0. The van der Waals surface area contributed by atoms with Crippen LogP contribution in [-0.2, 0) is 28.5 Å². The van der Waals surface area contributed by atoms with Crippen molar-refractivity contribution in [1.82, 2.24) is 0 Å². The number of esters is 2. The van der Waals surface area contributed by atoms with Crippen LogP contribution in [-0.4, -0.2) is 82.4 Å². The number of benzene rings is 1. The fourth-order valence-electron chi connectivity index (χ4n) is 7.85. The highest BCUT2D eigenvalue weighted by atomic mass is 16.6. The molecule has 2 saturated carbocycles. The molecular weight excluding hydrogens is 520 g/mol. The van der Waals surface area contributed by atoms with E-state index in [2.05, 4.69) is 0 Å². The molecule has 9 atom stereocenters. The van der Waals surface area contributed by atoms with Gasteiger partial charge >= 0.3 is 11.9 Å². The SMILES string of the molecule is COC1=C2C(C)[C@@H](O)C[C@@](O)([C@@H](OC(=O)c3ccccc3)C3[C@](C)(C1=O)[C@@H](O)C[C@H]1OC[C@@]31OC(C)=O)C2(C)C. The predicted octanol–water partition coefficient (Wildman–Crippen LogP) is 1.94. The average molecular weight is 559 g/mol. The average Bonchev–Trinajstić information content (AvgIpc) is 2.89. The van der Waals surface area contributed by atoms with Crippen molar-refractivity contribution in [3.05, 3.63) is 47.2 Å². The highest BCUT2D eigenvalue weighted by molar-refractivity contribution is 6.00. The molecule has 5 rings (SSSR count). The first kappa shape index (κ1) is 28.7. The molecule has 1 aliphatic heterocycles. The summed E-state index contributed by atoms with van der Waals surface area (Å²) in [4.78, 5) is 40.8. The standard InChI is InChI=1S/C30H38O10/c1-15-18(32)13-30(36)25(39-26(35)17-10-8-7-9-11-17)23-28(5,24(34)22(37-6)21(15)27(30,3)4)19(33)12-20-29(23,14-38-20)40-16(2)31/h7-11,15,18-20,23,25,32-33,36H,12-14H2,1-6H3/t15?,18-,19-,20+,23?,25-,28+,29-,30+/m0/s1. The molecule has 218 valence electrons. The van der Waals surface area contributed by atoms with Gasteiger partial charge in [-0.1, -0.05) is 39.0 Å². The number of ether oxygens (including phenoxy) is 4. The summed E-state index contributed by atoms with van der Waals surface area (Å²) in [6.07, 6.45) is -5.03. The molecule has 3 aliphatic carbocycles. The van der Waals surface area contributed by atoms with Crippen molar-refractivity contribution < 1.29 is 48.7 Å². The van der Waals surface area contributed by atoms with Crippen LogP contribution in [0.3, 0.4) is 0 Å². The summed E-state index contributed by atoms with van der Waals surface area (Å²) in [5, 5.41) is 35.7. The highest BCUT2D eigenvalue weighted by Gasteiger charge is 2.77. The Hall–Kier alpha value is -2.79. The molecule has 1 aromatic rings. The second-order valence-corrected chi connectivity index (χ2v) is 12.4. The maximum Gasteiger partial charge on any atom is 0.338 e. The number of hydrogen-bond donors (Lipinski definition) is 3. The summed E-state index contributed by atoms with van der Waals surface area (Å²) in [6, 6.07) is 8.19. The largest absolute Gasteiger partial charge is 0.493 e. The van der Waals surface area contributed by atoms with Gasteiger partial charge in [0.2, 0.25) is 5.78 Å². The lowest BCUT2D eigenvalue weighted by Gasteiger charge is -2.67. The molecule has 3 fully saturated rings. The molecule has 0 radical (unpaired) electrons. The van der Waals surface area contributed by atoms with E-state index in [0.717, 1.165) is 0 Å². The van der Waals surface area contributed by atoms with Gasteiger partial charge in [-0.25, -0.2) is 4.79 Å². The first-order valence-corrected chi connectivity index (χ1v) is 13.7. The van der Waals surface area contributed by atoms with Crippen LogP contribution in [0.5, 0.6) is 0 Å². The summed E-state index contributed by atoms with van der Waals surface area (Å²) in [7, 11) is 1.34. The van der Waals surface area contributed by atoms with Gasteiger partial charge in [0.25, 0.3) is 0 Å². The van der Waals surface area contributed by atoms with Crippen molar-refractivity contribution >= 4 is 17.7 Å². The van der Waals surface area contributed by atoms with Crippen LogP contribution in [0.1, 0.15) is 57.8 Å². The number of Topliss-reactive ketones (excluding diaryl/α,β-unsaturated/α-hetero) is 1. The molecule has 2 unspecified atom stereocenters. The fourth-order valence-corrected chi connectivity index (χ4v) is 7.85. The van der Waals surface area contributed by atoms with Gasteiger partial charge in [-0.05, 0) is 24.6 Å². The van der Waals surface area contributed by atoms with Crippen LogP contribution in [0, 0.1) is 22.7 Å². The second-order valence-electron chi connectivity index (χ2n) is 12.4. The minimum absolute atomic E-state index is 0.0301. The van der Waals surface area contributed by atoms with Crippen LogP contribution in [0.15, 0.2) is 41.7 Å². The first-order chi connectivity index (χ1) is 18.7. The minimum atomic E-state index is -1.99. The topological polar surface area (TPSA) is 149 Å². The molecular formula is C30H38O10. The normalized spacial score (nSPS) is 41.9. The Morgan fingerprint density at radius 3 is 2.30 bits per heavy atom. The second kappa shape index (κ2) is 9.37. The van der Waals surface area contributed by atoms with Crippen LogP contribution < -0.4 is 0 Å². The van der Waals surface area contributed by atoms with Gasteiger partial charge in [-0.3, -0.25) is 9.59 Å². The molecule has 1 saturated heterocycles. The highest BCUT2D eigenvalue weighted by Crippen LogP contribution is 2.64. The zero-order valence-corrected chi connectivity index (χ0v) is 23.7. The fraction of sp³-hybridized carbons (Fsp3) is 0.633. The number of methoxy groups -OCH3 is 1. The Morgan fingerprint density at radius 2 is 1.75 bits per heavy atom. The Balaban J connectivity index is 1.84. The number of rotatable bonds is 4. The lowest BCUT2D eigenvalue weighted by atomic mass is 9.45. The number of ketones is 1. The van der Waals surface area contributed by atoms with E-state index in [1.54, 1.807) is 51.1 Å². The van der Waals surface area contributed by atoms with Gasteiger partial charge in [0.15, 0.2) is 11.4 Å². The van der Waals surface area contributed by atoms with Gasteiger partial charge in [-0.15, -0.1) is 0 Å². The smallest absolute Gasteiger partial charge is 0.338 e. The number of hydrogen-bond acceptors (Lipinski definition) is 10. The summed E-state index contributed by atoms with van der Waals surface area (Å²) < 4.78 is 23.6. The Kier molecular flexibility index (Phi) is 6.73. The first-order valence-electron chi connectivity index (χ1n) is 13.7. The van der Waals surface area contributed by atoms with Crippen LogP contribution >= 0.6 is 0 Å². The van der Waals surface area contributed by atoms with Gasteiger partial charge in [0, 0.05) is 31.1 Å². The Labute approximate surface area is 233 Å². The number of carbonyl (C=O) groups excluding carboxylic acids is 3. The third kappa shape index (κ3) is 3.65. The molecule has 40 heavy (non-hydrogen) atoms. The predicted molar refractivity (Wildman–Crippen MR) is 140 cm³/mol. The van der Waals surface area contributed by atoms with Gasteiger partial charge in [0.1, 0.15) is 17.8 Å². The Bertz CT molecular complexity index is 1260. The van der Waals surface area contributed by atoms with Crippen molar-refractivity contribution in [2.45, 2.75) is 83.1 Å². The molecule has 4 aliphatic rings. The maximum atomic E-state index is 14.6. The zero-order chi connectivity index (χ0) is 29.4. The molecule has 10 heteroatoms. The lowest BCUT2D eigenvalue weighted by molar-refractivity contribution is -0.345. The zero-order valence-electron chi connectivity index (χ0n) is 23.7. The number of aliphatic hydroxyl groups is 3. The van der Waals surface area contributed by atoms with Crippen molar-refractivity contribution in [1.29, 1.82) is 0 Å². The number of carbonyl (C=O) groups is 3. The number of aliphatic hydroxyl groups excluding tert-OH is 2. The molecule has 1 heterocycles. The quantitative estimate of drug-likeness (QED) is 0.468. The summed E-state index contributed by atoms with van der Waals surface area (Å²) in [6.45, 7) is 7.81. The van der Waals surface area contributed by atoms with Crippen molar-refractivity contribution in [2.75, 3.05) is 13.7 Å². The Morgan fingerprint density at radius 1 is 1.10 bits per heavy atom. The van der Waals surface area contributed by atoms with E-state index in [1.165, 1.54) is 21.0 Å². The van der Waals surface area contributed by atoms with E-state index < -0.39 is 76.0 Å². The summed E-state index contributed by atoms with van der Waals surface area (Å²) in [5.74, 6) is -3.94. The van der Waals surface area contributed by atoms with Crippen LogP contribution in [0.25, 0.3) is 0 Å². The third-order valence-corrected chi connectivity index (χ3v) is 10.2. The molecule has 0 spiro atoms. The number of allylic oxidation sites excluding steroid dienone is 1. The van der Waals surface area contributed by atoms with Crippen LogP contribution in [0.2, 0.25) is 0 Å². The van der Waals surface area contributed by atoms with E-state index >= 15 is 0 Å². The van der Waals surface area contributed by atoms with Crippen molar-refractivity contribution in [3.63, 3.8) is 0 Å². The van der Waals surface area contributed by atoms with E-state index in [1.807, 2.05) is 0 Å². The van der Waals surface area contributed by atoms with E-state index in [4.69, 9.17) is 18.9 Å². The minimum Gasteiger partial charge on any atom is -0.493 e. The molecule has 10 nitrogen and oxygen atoms in total. The van der Waals surface area contributed by atoms with E-state index in [-0.39, 0.29) is 30.8 Å². The van der Waals surface area contributed by atoms with Crippen LogP contribution in [0.4, 0.5) is 0 Å². The monoisotopic (exact) mass is 558 g/mol. The maximum absolute atomic E-state index is 14.6. The van der Waals surface area contributed by atoms with Gasteiger partial charge in [0.05, 0.1) is 42.8 Å². The molecule has 1 aromatic carbocycles. The van der Waals surface area contributed by atoms with Crippen molar-refractivity contribution in [3.8, 4) is 0 Å². The lowest BCUT2D eigenvalue weighted by Crippen LogP contribution is -2.81. The summed E-state index contributed by atoms with van der Waals surface area (Å²) in [5.41, 5.74) is -5.93. The molecule has 3 N–H and O–H groups in total. The van der Waals surface area contributed by atoms with Gasteiger partial charge in [-0.2, -0.15) is 0 Å². The number of fused-ring (bicyclic) bond motifs is 5. The van der Waals surface area contributed by atoms with E-state index in [0.29, 0.717) is 5.57 Å². The molecule has 0 aromatic heterocycles. The molecule has 2 bridgehead atoms. The van der Waals surface area contributed by atoms with Crippen molar-refractivity contribution in [2.24, 2.45) is 22.7 Å². The van der Waals surface area contributed by atoms with Gasteiger partial charge < -0.3 is 34.3 Å². The molecule has 0 amide bonds. The van der Waals surface area contributed by atoms with E-state index in [9.17, 15) is 29.7 Å². The third-order valence-electron chi connectivity index (χ3n) is 10.2.